The van der Waals surface area contributed by atoms with Crippen LogP contribution in [0.3, 0.4) is 0 Å². The molecule has 1 unspecified atom stereocenters. The van der Waals surface area contributed by atoms with Crippen LogP contribution in [0.25, 0.3) is 0 Å². The van der Waals surface area contributed by atoms with Gasteiger partial charge in [0.1, 0.15) is 0 Å². The van der Waals surface area contributed by atoms with Gasteiger partial charge >= 0.3 is 0 Å². The summed E-state index contributed by atoms with van der Waals surface area (Å²) in [5.41, 5.74) is 5.67. The lowest BCUT2D eigenvalue weighted by Crippen LogP contribution is -2.42. The maximum Gasteiger partial charge on any atom is 0.0108 e. The third kappa shape index (κ3) is 3.94. The van der Waals surface area contributed by atoms with Crippen molar-refractivity contribution in [2.45, 2.75) is 51.5 Å². The minimum absolute atomic E-state index is 0.861. The second-order valence-corrected chi connectivity index (χ2v) is 6.08. The smallest absolute Gasteiger partial charge is 0.0108 e. The SMILES string of the molecule is CCN1CCCC(N2CCC(CCN)CC2)CC1. The molecule has 2 saturated heterocycles. The van der Waals surface area contributed by atoms with Crippen molar-refractivity contribution in [2.75, 3.05) is 39.3 Å². The van der Waals surface area contributed by atoms with Crippen molar-refractivity contribution in [1.29, 1.82) is 0 Å². The molecule has 2 N–H and O–H groups in total. The lowest BCUT2D eigenvalue weighted by Gasteiger charge is -2.37. The lowest BCUT2D eigenvalue weighted by atomic mass is 9.92. The van der Waals surface area contributed by atoms with Crippen molar-refractivity contribution in [2.24, 2.45) is 11.7 Å². The Morgan fingerprint density at radius 3 is 2.44 bits per heavy atom. The van der Waals surface area contributed by atoms with Gasteiger partial charge in [-0.05, 0) is 83.7 Å². The molecular weight excluding hydrogens is 222 g/mol. The van der Waals surface area contributed by atoms with Crippen LogP contribution in [0.4, 0.5) is 0 Å². The van der Waals surface area contributed by atoms with Gasteiger partial charge in [-0.1, -0.05) is 6.92 Å². The van der Waals surface area contributed by atoms with Gasteiger partial charge in [0, 0.05) is 6.04 Å². The third-order valence-corrected chi connectivity index (χ3v) is 4.98. The van der Waals surface area contributed by atoms with E-state index in [9.17, 15) is 0 Å². The number of hydrogen-bond acceptors (Lipinski definition) is 3. The molecule has 106 valence electrons. The van der Waals surface area contributed by atoms with Crippen LogP contribution in [-0.2, 0) is 0 Å². The first-order valence-corrected chi connectivity index (χ1v) is 8.00. The summed E-state index contributed by atoms with van der Waals surface area (Å²) in [5.74, 6) is 0.907. The first kappa shape index (κ1) is 14.3. The predicted octanol–water partition coefficient (Wildman–Crippen LogP) is 1.92. The summed E-state index contributed by atoms with van der Waals surface area (Å²) in [6, 6.07) is 0.861. The standard InChI is InChI=1S/C15H31N3/c1-2-17-10-3-4-15(8-11-17)18-12-6-14(5-9-16)7-13-18/h14-15H,2-13,16H2,1H3. The molecule has 2 fully saturated rings. The first-order chi connectivity index (χ1) is 8.83. The highest BCUT2D eigenvalue weighted by Crippen LogP contribution is 2.25. The van der Waals surface area contributed by atoms with Gasteiger partial charge in [-0.2, -0.15) is 0 Å². The molecule has 2 aliphatic heterocycles. The van der Waals surface area contributed by atoms with Gasteiger partial charge in [-0.25, -0.2) is 0 Å². The van der Waals surface area contributed by atoms with E-state index in [1.807, 2.05) is 0 Å². The number of likely N-dealkylation sites (tertiary alicyclic amines) is 2. The summed E-state index contributed by atoms with van der Waals surface area (Å²) < 4.78 is 0. The molecule has 0 spiro atoms. The van der Waals surface area contributed by atoms with Crippen molar-refractivity contribution >= 4 is 0 Å². The molecule has 3 heteroatoms. The van der Waals surface area contributed by atoms with Crippen molar-refractivity contribution in [3.05, 3.63) is 0 Å². The molecule has 2 heterocycles. The summed E-state index contributed by atoms with van der Waals surface area (Å²) in [6.07, 6.45) is 8.19. The van der Waals surface area contributed by atoms with Crippen LogP contribution in [0.1, 0.15) is 45.4 Å². The molecule has 3 nitrogen and oxygen atoms in total. The monoisotopic (exact) mass is 253 g/mol. The van der Waals surface area contributed by atoms with Gasteiger partial charge in [-0.15, -0.1) is 0 Å². The summed E-state index contributed by atoms with van der Waals surface area (Å²) in [6.45, 7) is 9.66. The van der Waals surface area contributed by atoms with E-state index in [-0.39, 0.29) is 0 Å². The molecule has 18 heavy (non-hydrogen) atoms. The maximum atomic E-state index is 5.67. The van der Waals surface area contributed by atoms with Crippen molar-refractivity contribution in [1.82, 2.24) is 9.80 Å². The Hall–Kier alpha value is -0.120. The first-order valence-electron chi connectivity index (χ1n) is 8.00. The van der Waals surface area contributed by atoms with Gasteiger partial charge in [-0.3, -0.25) is 0 Å². The molecule has 0 saturated carbocycles. The molecule has 0 aromatic carbocycles. The normalized spacial score (nSPS) is 29.3. The molecule has 0 bridgehead atoms. The van der Waals surface area contributed by atoms with Crippen LogP contribution < -0.4 is 5.73 Å². The van der Waals surface area contributed by atoms with Crippen LogP contribution in [0.15, 0.2) is 0 Å². The molecule has 0 amide bonds. The molecule has 1 atom stereocenters. The topological polar surface area (TPSA) is 32.5 Å². The van der Waals surface area contributed by atoms with E-state index in [1.54, 1.807) is 0 Å². The highest BCUT2D eigenvalue weighted by molar-refractivity contribution is 4.81. The van der Waals surface area contributed by atoms with E-state index in [0.29, 0.717) is 0 Å². The molecule has 0 radical (unpaired) electrons. The number of piperidine rings is 1. The van der Waals surface area contributed by atoms with E-state index in [1.165, 1.54) is 71.2 Å². The molecule has 0 aromatic heterocycles. The lowest BCUT2D eigenvalue weighted by molar-refractivity contribution is 0.119. The van der Waals surface area contributed by atoms with Crippen LogP contribution >= 0.6 is 0 Å². The Balaban J connectivity index is 1.75. The molecular formula is C15H31N3. The predicted molar refractivity (Wildman–Crippen MR) is 77.7 cm³/mol. The number of rotatable bonds is 4. The van der Waals surface area contributed by atoms with E-state index in [0.717, 1.165) is 18.5 Å². The summed E-state index contributed by atoms with van der Waals surface area (Å²) in [4.78, 5) is 5.38. The number of nitrogens with two attached hydrogens (primary N) is 1. The Morgan fingerprint density at radius 1 is 1.00 bits per heavy atom. The molecule has 2 rings (SSSR count). The summed E-state index contributed by atoms with van der Waals surface area (Å²) in [7, 11) is 0. The maximum absolute atomic E-state index is 5.67. The van der Waals surface area contributed by atoms with Crippen LogP contribution in [0.5, 0.6) is 0 Å². The van der Waals surface area contributed by atoms with Crippen molar-refractivity contribution in [3.8, 4) is 0 Å². The quantitative estimate of drug-likeness (QED) is 0.831. The highest BCUT2D eigenvalue weighted by atomic mass is 15.2. The Labute approximate surface area is 113 Å². The van der Waals surface area contributed by atoms with Gasteiger partial charge in [0.25, 0.3) is 0 Å². The zero-order chi connectivity index (χ0) is 12.8. The fraction of sp³-hybridized carbons (Fsp3) is 1.00. The largest absolute Gasteiger partial charge is 0.330 e. The summed E-state index contributed by atoms with van der Waals surface area (Å²) >= 11 is 0. The second-order valence-electron chi connectivity index (χ2n) is 6.08. The van der Waals surface area contributed by atoms with Gasteiger partial charge in [0.2, 0.25) is 0 Å². The number of nitrogens with zero attached hydrogens (tertiary/aromatic N) is 2. The average molecular weight is 253 g/mol. The fourth-order valence-corrected chi connectivity index (χ4v) is 3.66. The Bertz CT molecular complexity index is 224. The van der Waals surface area contributed by atoms with Crippen molar-refractivity contribution in [3.63, 3.8) is 0 Å². The van der Waals surface area contributed by atoms with Gasteiger partial charge in [0.05, 0.1) is 0 Å². The molecule has 2 aliphatic rings. The zero-order valence-electron chi connectivity index (χ0n) is 12.1. The van der Waals surface area contributed by atoms with E-state index in [2.05, 4.69) is 16.7 Å². The fourth-order valence-electron chi connectivity index (χ4n) is 3.66. The Morgan fingerprint density at radius 2 is 1.78 bits per heavy atom. The molecule has 0 aliphatic carbocycles. The average Bonchev–Trinajstić information content (AvgIpc) is 2.65. The van der Waals surface area contributed by atoms with Crippen molar-refractivity contribution < 1.29 is 0 Å². The van der Waals surface area contributed by atoms with E-state index >= 15 is 0 Å². The van der Waals surface area contributed by atoms with Crippen LogP contribution in [0, 0.1) is 5.92 Å². The zero-order valence-corrected chi connectivity index (χ0v) is 12.1. The minimum Gasteiger partial charge on any atom is -0.330 e. The van der Waals surface area contributed by atoms with Crippen LogP contribution in [-0.4, -0.2) is 55.1 Å². The van der Waals surface area contributed by atoms with Gasteiger partial charge in [0.15, 0.2) is 0 Å². The van der Waals surface area contributed by atoms with E-state index < -0.39 is 0 Å². The number of hydrogen-bond donors (Lipinski definition) is 1. The molecule has 0 aromatic rings. The van der Waals surface area contributed by atoms with Crippen LogP contribution in [0.2, 0.25) is 0 Å². The second kappa shape index (κ2) is 7.46. The minimum atomic E-state index is 0.861. The Kier molecular flexibility index (Phi) is 5.93. The van der Waals surface area contributed by atoms with E-state index in [4.69, 9.17) is 5.73 Å². The van der Waals surface area contributed by atoms with Gasteiger partial charge < -0.3 is 15.5 Å². The summed E-state index contributed by atoms with van der Waals surface area (Å²) in [5, 5.41) is 0. The highest BCUT2D eigenvalue weighted by Gasteiger charge is 2.26. The third-order valence-electron chi connectivity index (χ3n) is 4.98.